The number of para-hydroxylation sites is 1. The molecule has 2 aromatic carbocycles. The van der Waals surface area contributed by atoms with Gasteiger partial charge in [0.15, 0.2) is 0 Å². The van der Waals surface area contributed by atoms with E-state index in [1.54, 1.807) is 0 Å². The average Bonchev–Trinajstić information content (AvgIpc) is 2.55. The number of nitrogens with zero attached hydrogens (tertiary/aromatic N) is 1. The van der Waals surface area contributed by atoms with Crippen LogP contribution in [0.4, 0.5) is 0 Å². The zero-order valence-electron chi connectivity index (χ0n) is 13.0. The molecule has 0 aliphatic heterocycles. The maximum Gasteiger partial charge on any atom is 0.0706 e. The summed E-state index contributed by atoms with van der Waals surface area (Å²) in [7, 11) is 0. The molecule has 0 spiro atoms. The van der Waals surface area contributed by atoms with Gasteiger partial charge in [0.1, 0.15) is 0 Å². The summed E-state index contributed by atoms with van der Waals surface area (Å²) in [6, 6.07) is 21.0. The molecule has 0 bridgehead atoms. The highest BCUT2D eigenvalue weighted by atomic mass is 14.8. The quantitative estimate of drug-likeness (QED) is 0.744. The van der Waals surface area contributed by atoms with Crippen molar-refractivity contribution in [1.29, 1.82) is 0 Å². The molecule has 1 aromatic heterocycles. The van der Waals surface area contributed by atoms with E-state index in [9.17, 15) is 0 Å². The molecule has 2 nitrogen and oxygen atoms in total. The van der Waals surface area contributed by atoms with Gasteiger partial charge in [-0.3, -0.25) is 4.98 Å². The van der Waals surface area contributed by atoms with Gasteiger partial charge in [0, 0.05) is 11.4 Å². The van der Waals surface area contributed by atoms with Crippen molar-refractivity contribution in [2.45, 2.75) is 32.2 Å². The van der Waals surface area contributed by atoms with Crippen molar-refractivity contribution in [3.8, 4) is 0 Å². The SMILES string of the molecule is CCCC(N)c1nc2ccccc2cc1Cc1ccccc1. The van der Waals surface area contributed by atoms with Gasteiger partial charge in [-0.1, -0.05) is 61.9 Å². The normalized spacial score (nSPS) is 12.5. The first-order chi connectivity index (χ1) is 10.8. The van der Waals surface area contributed by atoms with Crippen LogP contribution in [0.5, 0.6) is 0 Å². The molecule has 1 unspecified atom stereocenters. The molecule has 0 saturated heterocycles. The van der Waals surface area contributed by atoms with E-state index < -0.39 is 0 Å². The summed E-state index contributed by atoms with van der Waals surface area (Å²) >= 11 is 0. The summed E-state index contributed by atoms with van der Waals surface area (Å²) in [6.07, 6.45) is 2.92. The topological polar surface area (TPSA) is 38.9 Å². The zero-order chi connectivity index (χ0) is 15.4. The lowest BCUT2D eigenvalue weighted by Crippen LogP contribution is -2.15. The Hall–Kier alpha value is -2.19. The van der Waals surface area contributed by atoms with Crippen molar-refractivity contribution in [2.24, 2.45) is 5.73 Å². The van der Waals surface area contributed by atoms with Crippen molar-refractivity contribution >= 4 is 10.9 Å². The van der Waals surface area contributed by atoms with Crippen LogP contribution in [0.1, 0.15) is 42.6 Å². The highest BCUT2D eigenvalue weighted by Gasteiger charge is 2.14. The third-order valence-electron chi connectivity index (χ3n) is 4.02. The van der Waals surface area contributed by atoms with E-state index in [2.05, 4.69) is 55.5 Å². The first-order valence-electron chi connectivity index (χ1n) is 7.96. The molecule has 112 valence electrons. The summed E-state index contributed by atoms with van der Waals surface area (Å²) in [5, 5.41) is 1.18. The minimum atomic E-state index is 0.00770. The summed E-state index contributed by atoms with van der Waals surface area (Å²) in [5.74, 6) is 0. The fourth-order valence-electron chi connectivity index (χ4n) is 2.90. The number of hydrogen-bond donors (Lipinski definition) is 1. The van der Waals surface area contributed by atoms with E-state index in [1.165, 1.54) is 16.5 Å². The molecule has 0 aliphatic carbocycles. The van der Waals surface area contributed by atoms with Crippen LogP contribution >= 0.6 is 0 Å². The standard InChI is InChI=1S/C20H22N2/c1-2-8-18(21)20-17(13-15-9-4-3-5-10-15)14-16-11-6-7-12-19(16)22-20/h3-7,9-12,14,18H,2,8,13,21H2,1H3. The lowest BCUT2D eigenvalue weighted by atomic mass is 9.96. The number of hydrogen-bond acceptors (Lipinski definition) is 2. The minimum absolute atomic E-state index is 0.00770. The van der Waals surface area contributed by atoms with Crippen LogP contribution in [-0.2, 0) is 6.42 Å². The van der Waals surface area contributed by atoms with Crippen LogP contribution in [0.3, 0.4) is 0 Å². The highest BCUT2D eigenvalue weighted by Crippen LogP contribution is 2.25. The molecule has 0 fully saturated rings. The van der Waals surface area contributed by atoms with Gasteiger partial charge in [0.25, 0.3) is 0 Å². The minimum Gasteiger partial charge on any atom is -0.323 e. The Morgan fingerprint density at radius 2 is 1.73 bits per heavy atom. The number of rotatable bonds is 5. The lowest BCUT2D eigenvalue weighted by molar-refractivity contribution is 0.618. The van der Waals surface area contributed by atoms with Gasteiger partial charge < -0.3 is 5.73 Å². The average molecular weight is 290 g/mol. The second-order valence-electron chi connectivity index (χ2n) is 5.78. The van der Waals surface area contributed by atoms with Crippen LogP contribution in [0.15, 0.2) is 60.7 Å². The van der Waals surface area contributed by atoms with E-state index in [1.807, 2.05) is 12.1 Å². The molecule has 0 saturated carbocycles. The molecule has 2 heteroatoms. The predicted octanol–water partition coefficient (Wildman–Crippen LogP) is 4.63. The number of aromatic nitrogens is 1. The molecule has 1 atom stereocenters. The monoisotopic (exact) mass is 290 g/mol. The third kappa shape index (κ3) is 3.18. The Kier molecular flexibility index (Phi) is 4.50. The molecule has 1 heterocycles. The molecular weight excluding hydrogens is 268 g/mol. The van der Waals surface area contributed by atoms with Gasteiger partial charge in [0.2, 0.25) is 0 Å². The Morgan fingerprint density at radius 1 is 1.00 bits per heavy atom. The van der Waals surface area contributed by atoms with Gasteiger partial charge >= 0.3 is 0 Å². The van der Waals surface area contributed by atoms with Gasteiger partial charge in [-0.2, -0.15) is 0 Å². The Balaban J connectivity index is 2.06. The van der Waals surface area contributed by atoms with Crippen LogP contribution in [0.25, 0.3) is 10.9 Å². The molecule has 22 heavy (non-hydrogen) atoms. The van der Waals surface area contributed by atoms with Crippen LogP contribution in [0, 0.1) is 0 Å². The molecular formula is C20H22N2. The lowest BCUT2D eigenvalue weighted by Gasteiger charge is -2.16. The maximum atomic E-state index is 6.39. The molecule has 0 radical (unpaired) electrons. The number of nitrogens with two attached hydrogens (primary N) is 1. The third-order valence-corrected chi connectivity index (χ3v) is 4.02. The number of fused-ring (bicyclic) bond motifs is 1. The number of pyridine rings is 1. The summed E-state index contributed by atoms with van der Waals surface area (Å²) in [5.41, 5.74) is 11.0. The smallest absolute Gasteiger partial charge is 0.0706 e. The van der Waals surface area contributed by atoms with Crippen LogP contribution in [-0.4, -0.2) is 4.98 Å². The zero-order valence-corrected chi connectivity index (χ0v) is 13.0. The Morgan fingerprint density at radius 3 is 2.50 bits per heavy atom. The second kappa shape index (κ2) is 6.71. The van der Waals surface area contributed by atoms with Crippen molar-refractivity contribution in [3.63, 3.8) is 0 Å². The summed E-state index contributed by atoms with van der Waals surface area (Å²) in [4.78, 5) is 4.86. The van der Waals surface area contributed by atoms with Crippen molar-refractivity contribution in [1.82, 2.24) is 4.98 Å². The second-order valence-corrected chi connectivity index (χ2v) is 5.78. The highest BCUT2D eigenvalue weighted by molar-refractivity contribution is 5.79. The van der Waals surface area contributed by atoms with E-state index in [0.717, 1.165) is 30.5 Å². The largest absolute Gasteiger partial charge is 0.323 e. The Labute approximate surface area is 132 Å². The van der Waals surface area contributed by atoms with Gasteiger partial charge in [-0.15, -0.1) is 0 Å². The molecule has 2 N–H and O–H groups in total. The molecule has 3 rings (SSSR count). The molecule has 0 amide bonds. The first-order valence-corrected chi connectivity index (χ1v) is 7.96. The van der Waals surface area contributed by atoms with Crippen molar-refractivity contribution < 1.29 is 0 Å². The summed E-state index contributed by atoms with van der Waals surface area (Å²) in [6.45, 7) is 2.16. The number of benzene rings is 2. The maximum absolute atomic E-state index is 6.39. The van der Waals surface area contributed by atoms with Crippen molar-refractivity contribution in [2.75, 3.05) is 0 Å². The van der Waals surface area contributed by atoms with Crippen molar-refractivity contribution in [3.05, 3.63) is 77.5 Å². The molecule has 0 aliphatic rings. The Bertz CT molecular complexity index is 750. The first kappa shape index (κ1) is 14.7. The van der Waals surface area contributed by atoms with E-state index in [0.29, 0.717) is 0 Å². The van der Waals surface area contributed by atoms with Gasteiger partial charge in [-0.25, -0.2) is 0 Å². The van der Waals surface area contributed by atoms with E-state index in [4.69, 9.17) is 10.7 Å². The fraction of sp³-hybridized carbons (Fsp3) is 0.250. The fourth-order valence-corrected chi connectivity index (χ4v) is 2.90. The van der Waals surface area contributed by atoms with Crippen LogP contribution in [0.2, 0.25) is 0 Å². The van der Waals surface area contributed by atoms with E-state index in [-0.39, 0.29) is 6.04 Å². The summed E-state index contributed by atoms with van der Waals surface area (Å²) < 4.78 is 0. The van der Waals surface area contributed by atoms with Gasteiger partial charge in [0.05, 0.1) is 11.2 Å². The van der Waals surface area contributed by atoms with E-state index >= 15 is 0 Å². The molecule has 3 aromatic rings. The van der Waals surface area contributed by atoms with Crippen LogP contribution < -0.4 is 5.73 Å². The predicted molar refractivity (Wildman–Crippen MR) is 92.8 cm³/mol. The van der Waals surface area contributed by atoms with Gasteiger partial charge in [-0.05, 0) is 36.1 Å².